The lowest BCUT2D eigenvalue weighted by Crippen LogP contribution is -2.19. The Labute approximate surface area is 212 Å². The summed E-state index contributed by atoms with van der Waals surface area (Å²) in [5.74, 6) is -1.39. The van der Waals surface area contributed by atoms with Gasteiger partial charge in [0.2, 0.25) is 0 Å². The Kier molecular flexibility index (Phi) is 9.79. The molecule has 37 heavy (non-hydrogen) atoms. The van der Waals surface area contributed by atoms with Crippen molar-refractivity contribution in [3.8, 4) is 11.1 Å². The highest BCUT2D eigenvalue weighted by atomic mass is 19.4. The molecule has 3 rings (SSSR count). The van der Waals surface area contributed by atoms with E-state index < -0.39 is 29.5 Å². The zero-order valence-electron chi connectivity index (χ0n) is 20.2. The molecule has 0 aliphatic rings. The number of benzene rings is 3. The van der Waals surface area contributed by atoms with Gasteiger partial charge in [-0.3, -0.25) is 9.59 Å². The molecular weight excluding hydrogens is 490 g/mol. The lowest BCUT2D eigenvalue weighted by atomic mass is 9.97. The largest absolute Gasteiger partial charge is 0.466 e. The van der Waals surface area contributed by atoms with E-state index in [-0.39, 0.29) is 26.1 Å². The Morgan fingerprint density at radius 1 is 0.892 bits per heavy atom. The fraction of sp³-hybridized carbons (Fsp3) is 0.286. The SMILES string of the molecule is CCOC(=O)Cc1cc(F)cc(-c2ccccc2CNCCC(=O)OCc2ccc(C(F)(F)F)cc2)c1. The molecule has 0 saturated heterocycles. The molecule has 0 atom stereocenters. The second-order valence-corrected chi connectivity index (χ2v) is 8.27. The molecule has 196 valence electrons. The van der Waals surface area contributed by atoms with Crippen LogP contribution in [0.15, 0.2) is 66.7 Å². The number of ether oxygens (including phenoxy) is 2. The van der Waals surface area contributed by atoms with Crippen LogP contribution in [0.25, 0.3) is 11.1 Å². The molecule has 0 bridgehead atoms. The minimum atomic E-state index is -4.42. The lowest BCUT2D eigenvalue weighted by molar-refractivity contribution is -0.145. The molecule has 0 heterocycles. The highest BCUT2D eigenvalue weighted by Crippen LogP contribution is 2.29. The number of rotatable bonds is 11. The summed E-state index contributed by atoms with van der Waals surface area (Å²) in [6.07, 6.45) is -4.39. The van der Waals surface area contributed by atoms with Crippen LogP contribution in [0.4, 0.5) is 17.6 Å². The number of alkyl halides is 3. The Balaban J connectivity index is 1.52. The quantitative estimate of drug-likeness (QED) is 0.197. The van der Waals surface area contributed by atoms with Gasteiger partial charge in [0.25, 0.3) is 0 Å². The molecule has 0 spiro atoms. The van der Waals surface area contributed by atoms with Gasteiger partial charge in [-0.2, -0.15) is 13.2 Å². The summed E-state index contributed by atoms with van der Waals surface area (Å²) in [6.45, 7) is 2.53. The second kappa shape index (κ2) is 13.0. The number of esters is 2. The van der Waals surface area contributed by atoms with Gasteiger partial charge in [0.1, 0.15) is 12.4 Å². The van der Waals surface area contributed by atoms with E-state index in [0.29, 0.717) is 29.8 Å². The fourth-order valence-electron chi connectivity index (χ4n) is 3.68. The number of halogens is 4. The van der Waals surface area contributed by atoms with Gasteiger partial charge < -0.3 is 14.8 Å². The first-order valence-electron chi connectivity index (χ1n) is 11.7. The summed E-state index contributed by atoms with van der Waals surface area (Å²) in [4.78, 5) is 23.8. The van der Waals surface area contributed by atoms with Crippen molar-refractivity contribution in [3.05, 3.63) is 94.8 Å². The van der Waals surface area contributed by atoms with Crippen LogP contribution >= 0.6 is 0 Å². The molecule has 5 nitrogen and oxygen atoms in total. The molecule has 9 heteroatoms. The Morgan fingerprint density at radius 2 is 1.62 bits per heavy atom. The summed E-state index contributed by atoms with van der Waals surface area (Å²) in [7, 11) is 0. The van der Waals surface area contributed by atoms with E-state index in [1.165, 1.54) is 24.3 Å². The fourth-order valence-corrected chi connectivity index (χ4v) is 3.68. The van der Waals surface area contributed by atoms with Gasteiger partial charge in [-0.1, -0.05) is 42.5 Å². The van der Waals surface area contributed by atoms with E-state index in [1.807, 2.05) is 24.3 Å². The van der Waals surface area contributed by atoms with Crippen molar-refractivity contribution in [3.63, 3.8) is 0 Å². The van der Waals surface area contributed by atoms with Crippen molar-refractivity contribution in [2.24, 2.45) is 0 Å². The molecule has 0 saturated carbocycles. The second-order valence-electron chi connectivity index (χ2n) is 8.27. The van der Waals surface area contributed by atoms with E-state index in [1.54, 1.807) is 13.0 Å². The van der Waals surface area contributed by atoms with Crippen LogP contribution in [-0.4, -0.2) is 25.1 Å². The average molecular weight is 518 g/mol. The molecule has 3 aromatic carbocycles. The van der Waals surface area contributed by atoms with Crippen molar-refractivity contribution in [2.45, 2.75) is 39.1 Å². The van der Waals surface area contributed by atoms with Crippen LogP contribution < -0.4 is 5.32 Å². The summed E-state index contributed by atoms with van der Waals surface area (Å²) >= 11 is 0. The van der Waals surface area contributed by atoms with E-state index in [9.17, 15) is 27.2 Å². The smallest absolute Gasteiger partial charge is 0.416 e. The maximum absolute atomic E-state index is 14.3. The summed E-state index contributed by atoms with van der Waals surface area (Å²) < 4.78 is 62.3. The van der Waals surface area contributed by atoms with E-state index >= 15 is 0 Å². The number of hydrogen-bond acceptors (Lipinski definition) is 5. The zero-order valence-corrected chi connectivity index (χ0v) is 20.2. The van der Waals surface area contributed by atoms with Crippen LogP contribution in [0.3, 0.4) is 0 Å². The number of carbonyl (C=O) groups excluding carboxylic acids is 2. The monoisotopic (exact) mass is 517 g/mol. The van der Waals surface area contributed by atoms with E-state index in [2.05, 4.69) is 5.32 Å². The van der Waals surface area contributed by atoms with E-state index in [4.69, 9.17) is 9.47 Å². The molecule has 0 aliphatic carbocycles. The summed E-state index contributed by atoms with van der Waals surface area (Å²) in [5, 5.41) is 3.15. The van der Waals surface area contributed by atoms with Crippen molar-refractivity contribution >= 4 is 11.9 Å². The van der Waals surface area contributed by atoms with Crippen LogP contribution in [0.5, 0.6) is 0 Å². The normalized spacial score (nSPS) is 11.3. The van der Waals surface area contributed by atoms with Crippen molar-refractivity contribution in [2.75, 3.05) is 13.2 Å². The third kappa shape index (κ3) is 8.71. The van der Waals surface area contributed by atoms with Crippen molar-refractivity contribution < 1.29 is 36.6 Å². The van der Waals surface area contributed by atoms with Crippen molar-refractivity contribution in [1.82, 2.24) is 5.32 Å². The predicted molar refractivity (Wildman–Crippen MR) is 130 cm³/mol. The van der Waals surface area contributed by atoms with Gasteiger partial charge in [0.15, 0.2) is 0 Å². The molecule has 3 aromatic rings. The first kappa shape index (κ1) is 27.9. The highest BCUT2D eigenvalue weighted by molar-refractivity contribution is 5.74. The van der Waals surface area contributed by atoms with E-state index in [0.717, 1.165) is 23.3 Å². The predicted octanol–water partition coefficient (Wildman–Crippen LogP) is 5.84. The number of nitrogens with one attached hydrogen (secondary N) is 1. The van der Waals surface area contributed by atoms with Crippen LogP contribution in [0.1, 0.15) is 35.6 Å². The summed E-state index contributed by atoms with van der Waals surface area (Å²) in [6, 6.07) is 16.3. The first-order chi connectivity index (χ1) is 17.7. The molecule has 0 aromatic heterocycles. The molecule has 0 fully saturated rings. The molecule has 0 radical (unpaired) electrons. The number of carbonyl (C=O) groups is 2. The van der Waals surface area contributed by atoms with Crippen molar-refractivity contribution in [1.29, 1.82) is 0 Å². The topological polar surface area (TPSA) is 64.6 Å². The molecular formula is C28H27F4NO4. The molecule has 1 N–H and O–H groups in total. The standard InChI is InChI=1S/C28H27F4NO4/c1-2-36-27(35)15-20-13-22(16-24(29)14-20)25-6-4-3-5-21(25)17-33-12-11-26(34)37-18-19-7-9-23(10-8-19)28(30,31)32/h3-10,13-14,16,33H,2,11-12,15,17-18H2,1H3. The Morgan fingerprint density at radius 3 is 2.32 bits per heavy atom. The average Bonchev–Trinajstić information content (AvgIpc) is 2.85. The van der Waals surface area contributed by atoms with Gasteiger partial charge in [-0.05, 0) is 59.0 Å². The highest BCUT2D eigenvalue weighted by Gasteiger charge is 2.29. The number of hydrogen-bond donors (Lipinski definition) is 1. The molecule has 0 aliphatic heterocycles. The van der Waals surface area contributed by atoms with Gasteiger partial charge in [0, 0.05) is 13.1 Å². The lowest BCUT2D eigenvalue weighted by Gasteiger charge is -2.13. The van der Waals surface area contributed by atoms with Gasteiger partial charge in [0.05, 0.1) is 25.0 Å². The van der Waals surface area contributed by atoms with Crippen LogP contribution in [0, 0.1) is 5.82 Å². The van der Waals surface area contributed by atoms with Crippen LogP contribution in [-0.2, 0) is 44.8 Å². The zero-order chi connectivity index (χ0) is 26.8. The third-order valence-corrected chi connectivity index (χ3v) is 5.44. The molecule has 0 unspecified atom stereocenters. The van der Waals surface area contributed by atoms with Crippen LogP contribution in [0.2, 0.25) is 0 Å². The van der Waals surface area contributed by atoms with Gasteiger partial charge >= 0.3 is 18.1 Å². The summed E-state index contributed by atoms with van der Waals surface area (Å²) in [5.41, 5.74) is 2.47. The maximum Gasteiger partial charge on any atom is 0.416 e. The molecule has 0 amide bonds. The Bertz CT molecular complexity index is 1210. The third-order valence-electron chi connectivity index (χ3n) is 5.44. The Hall–Kier alpha value is -3.72. The van der Waals surface area contributed by atoms with Gasteiger partial charge in [-0.15, -0.1) is 0 Å². The maximum atomic E-state index is 14.3. The minimum absolute atomic E-state index is 0.0341. The minimum Gasteiger partial charge on any atom is -0.466 e. The van der Waals surface area contributed by atoms with Gasteiger partial charge in [-0.25, -0.2) is 4.39 Å². The first-order valence-corrected chi connectivity index (χ1v) is 11.7.